The molecule has 4 rings (SSSR count). The molecule has 0 saturated carbocycles. The molecule has 2 heterocycles. The summed E-state index contributed by atoms with van der Waals surface area (Å²) in [5, 5.41) is 29.7. The fourth-order valence-electron chi connectivity index (χ4n) is 5.50. The minimum atomic E-state index is -1.49. The van der Waals surface area contributed by atoms with Gasteiger partial charge in [-0.2, -0.15) is 0 Å². The third-order valence-corrected chi connectivity index (χ3v) is 8.88. The van der Waals surface area contributed by atoms with Gasteiger partial charge in [-0.25, -0.2) is 4.79 Å². The maximum atomic E-state index is 14.4. The molecule has 1 aromatic carbocycles. The van der Waals surface area contributed by atoms with E-state index >= 15 is 0 Å². The molecule has 238 valence electrons. The first-order chi connectivity index (χ1) is 20.8. The molecule has 13 nitrogen and oxygen atoms in total. The molecule has 0 spiro atoms. The number of aryl methyl sites for hydroxylation is 1. The van der Waals surface area contributed by atoms with Gasteiger partial charge in [-0.15, -0.1) is 5.10 Å². The van der Waals surface area contributed by atoms with Crippen LogP contribution >= 0.6 is 23.2 Å². The van der Waals surface area contributed by atoms with E-state index in [9.17, 15) is 24.3 Å². The number of aromatic nitrogens is 3. The molecule has 6 N–H and O–H groups in total. The zero-order valence-electron chi connectivity index (χ0n) is 25.1. The molecule has 44 heavy (non-hydrogen) atoms. The Bertz CT molecular complexity index is 1570. The van der Waals surface area contributed by atoms with Gasteiger partial charge in [0.05, 0.1) is 10.5 Å². The summed E-state index contributed by atoms with van der Waals surface area (Å²) in [5.41, 5.74) is 0.802. The number of amides is 4. The standard InChI is InChI=1S/C29H37Cl2N7O6/c1-6-13(3)21(35-28(42)43)24(40)36-29(9-8-20-18(12-29)17-10-16(30)11-19(31)23(17)33-20)26(41)34-22(14(4)7-2)25-37-38-27(44-25)32-15(5)39/h10-11,13-14,21-22,33,35H,6-9,12H2,1-5H3,(H,34,41)(H,36,40)(H,42,43)(H,32,38,39)/t13?,14?,21-,22-,29-/m0/s1. The number of carbonyl (C=O) groups excluding carboxylic acids is 3. The van der Waals surface area contributed by atoms with Crippen LogP contribution in [0.2, 0.25) is 10.0 Å². The molecule has 0 bridgehead atoms. The molecule has 0 saturated heterocycles. The van der Waals surface area contributed by atoms with E-state index in [4.69, 9.17) is 27.6 Å². The van der Waals surface area contributed by atoms with Gasteiger partial charge in [-0.3, -0.25) is 19.7 Å². The van der Waals surface area contributed by atoms with Gasteiger partial charge >= 0.3 is 12.1 Å². The van der Waals surface area contributed by atoms with Crippen molar-refractivity contribution in [3.63, 3.8) is 0 Å². The number of nitrogens with zero attached hydrogens (tertiary/aromatic N) is 2. The van der Waals surface area contributed by atoms with Crippen molar-refractivity contribution in [1.82, 2.24) is 31.1 Å². The highest BCUT2D eigenvalue weighted by molar-refractivity contribution is 6.38. The predicted molar refractivity (Wildman–Crippen MR) is 165 cm³/mol. The van der Waals surface area contributed by atoms with E-state index in [1.807, 2.05) is 20.8 Å². The van der Waals surface area contributed by atoms with Crippen molar-refractivity contribution in [2.45, 2.75) is 84.3 Å². The number of H-pyrrole nitrogens is 1. The van der Waals surface area contributed by atoms with Crippen LogP contribution in [0, 0.1) is 11.8 Å². The molecule has 5 atom stereocenters. The van der Waals surface area contributed by atoms with Crippen LogP contribution in [0.25, 0.3) is 10.9 Å². The average molecular weight is 651 g/mol. The second kappa shape index (κ2) is 13.4. The van der Waals surface area contributed by atoms with Crippen molar-refractivity contribution in [3.05, 3.63) is 39.3 Å². The van der Waals surface area contributed by atoms with E-state index in [0.29, 0.717) is 34.8 Å². The van der Waals surface area contributed by atoms with Crippen LogP contribution in [-0.2, 0) is 27.2 Å². The summed E-state index contributed by atoms with van der Waals surface area (Å²) in [4.78, 5) is 54.7. The quantitative estimate of drug-likeness (QED) is 0.171. The zero-order valence-corrected chi connectivity index (χ0v) is 26.7. The number of fused-ring (bicyclic) bond motifs is 3. The van der Waals surface area contributed by atoms with E-state index < -0.39 is 41.4 Å². The van der Waals surface area contributed by atoms with Crippen LogP contribution in [0.1, 0.15) is 77.1 Å². The molecule has 1 aliphatic rings. The maximum absolute atomic E-state index is 14.4. The number of halogens is 2. The second-order valence-corrected chi connectivity index (χ2v) is 12.3. The Morgan fingerprint density at radius 2 is 1.80 bits per heavy atom. The highest BCUT2D eigenvalue weighted by atomic mass is 35.5. The smallest absolute Gasteiger partial charge is 0.405 e. The first kappa shape index (κ1) is 33.1. The van der Waals surface area contributed by atoms with Crippen LogP contribution < -0.4 is 21.3 Å². The number of carbonyl (C=O) groups is 4. The number of hydrogen-bond acceptors (Lipinski definition) is 7. The molecular formula is C29H37Cl2N7O6. The van der Waals surface area contributed by atoms with Crippen LogP contribution in [0.4, 0.5) is 10.8 Å². The number of benzene rings is 1. The third-order valence-electron chi connectivity index (χ3n) is 8.36. The van der Waals surface area contributed by atoms with E-state index in [-0.39, 0.29) is 36.6 Å². The molecule has 3 aromatic rings. The van der Waals surface area contributed by atoms with Crippen molar-refractivity contribution >= 4 is 63.9 Å². The van der Waals surface area contributed by atoms with Crippen LogP contribution in [-0.4, -0.2) is 55.7 Å². The molecular weight excluding hydrogens is 613 g/mol. The lowest BCUT2D eigenvalue weighted by Crippen LogP contribution is -2.65. The van der Waals surface area contributed by atoms with Crippen LogP contribution in [0.3, 0.4) is 0 Å². The summed E-state index contributed by atoms with van der Waals surface area (Å²) in [7, 11) is 0. The molecule has 4 amide bonds. The Kier molecular flexibility index (Phi) is 10.1. The second-order valence-electron chi connectivity index (χ2n) is 11.4. The zero-order chi connectivity index (χ0) is 32.3. The lowest BCUT2D eigenvalue weighted by Gasteiger charge is -2.39. The number of rotatable bonds is 11. The van der Waals surface area contributed by atoms with Gasteiger partial charge in [0.2, 0.25) is 23.6 Å². The van der Waals surface area contributed by atoms with Gasteiger partial charge in [0.1, 0.15) is 17.6 Å². The lowest BCUT2D eigenvalue weighted by molar-refractivity contribution is -0.136. The fourth-order valence-corrected chi connectivity index (χ4v) is 6.04. The monoisotopic (exact) mass is 649 g/mol. The summed E-state index contributed by atoms with van der Waals surface area (Å²) in [6, 6.07) is 1.42. The Labute approximate surface area is 264 Å². The lowest BCUT2D eigenvalue weighted by atomic mass is 9.78. The Morgan fingerprint density at radius 3 is 2.43 bits per heavy atom. The van der Waals surface area contributed by atoms with Crippen molar-refractivity contribution in [1.29, 1.82) is 0 Å². The largest absolute Gasteiger partial charge is 0.465 e. The van der Waals surface area contributed by atoms with E-state index in [2.05, 4.69) is 36.4 Å². The number of nitrogens with one attached hydrogen (secondary N) is 5. The van der Waals surface area contributed by atoms with Gasteiger partial charge in [0.15, 0.2) is 0 Å². The molecule has 15 heteroatoms. The summed E-state index contributed by atoms with van der Waals surface area (Å²) in [6.07, 6.45) is 0.455. The topological polar surface area (TPSA) is 191 Å². The maximum Gasteiger partial charge on any atom is 0.405 e. The van der Waals surface area contributed by atoms with Crippen LogP contribution in [0.5, 0.6) is 0 Å². The first-order valence-electron chi connectivity index (χ1n) is 14.5. The number of aromatic amines is 1. The fraction of sp³-hybridized carbons (Fsp3) is 0.517. The van der Waals surface area contributed by atoms with E-state index in [1.165, 1.54) is 6.92 Å². The average Bonchev–Trinajstić information content (AvgIpc) is 3.57. The number of anilines is 1. The Hall–Kier alpha value is -3.84. The van der Waals surface area contributed by atoms with Crippen molar-refractivity contribution < 1.29 is 28.7 Å². The summed E-state index contributed by atoms with van der Waals surface area (Å²) in [6.45, 7) is 8.75. The Balaban J connectivity index is 1.76. The summed E-state index contributed by atoms with van der Waals surface area (Å²) < 4.78 is 5.67. The minimum absolute atomic E-state index is 0.0745. The molecule has 0 radical (unpaired) electrons. The predicted octanol–water partition coefficient (Wildman–Crippen LogP) is 4.75. The van der Waals surface area contributed by atoms with Crippen molar-refractivity contribution in [3.8, 4) is 0 Å². The van der Waals surface area contributed by atoms with Gasteiger partial charge in [-0.05, 0) is 42.4 Å². The minimum Gasteiger partial charge on any atom is -0.465 e. The van der Waals surface area contributed by atoms with Gasteiger partial charge in [-0.1, -0.05) is 68.8 Å². The third kappa shape index (κ3) is 6.94. The molecule has 0 aliphatic heterocycles. The molecule has 2 unspecified atom stereocenters. The molecule has 2 aromatic heterocycles. The summed E-state index contributed by atoms with van der Waals surface area (Å²) >= 11 is 12.8. The van der Waals surface area contributed by atoms with Crippen LogP contribution in [0.15, 0.2) is 16.5 Å². The van der Waals surface area contributed by atoms with Gasteiger partial charge < -0.3 is 30.5 Å². The van der Waals surface area contributed by atoms with E-state index in [0.717, 1.165) is 16.6 Å². The SMILES string of the molecule is CCC(C)[C@H](NC(=O)O)C(=O)N[C@@]1(C(=O)N[C@H](c2nnc(NC(C)=O)o2)C(C)CC)CCc2[nH]c3c(Cl)cc(Cl)cc3c2C1. The Morgan fingerprint density at radius 1 is 1.09 bits per heavy atom. The number of carboxylic acid groups (broad SMARTS) is 1. The molecule has 0 fully saturated rings. The first-order valence-corrected chi connectivity index (χ1v) is 15.3. The number of hydrogen-bond donors (Lipinski definition) is 6. The van der Waals surface area contributed by atoms with Crippen molar-refractivity contribution in [2.24, 2.45) is 11.8 Å². The van der Waals surface area contributed by atoms with Crippen molar-refractivity contribution in [2.75, 3.05) is 5.32 Å². The van der Waals surface area contributed by atoms with E-state index in [1.54, 1.807) is 19.1 Å². The highest BCUT2D eigenvalue weighted by Crippen LogP contribution is 2.39. The van der Waals surface area contributed by atoms with Gasteiger partial charge in [0, 0.05) is 29.4 Å². The summed E-state index contributed by atoms with van der Waals surface area (Å²) in [5.74, 6) is -1.97. The molecule has 1 aliphatic carbocycles. The normalized spacial score (nSPS) is 18.9. The highest BCUT2D eigenvalue weighted by Gasteiger charge is 2.47. The van der Waals surface area contributed by atoms with Gasteiger partial charge in [0.25, 0.3) is 0 Å².